The SMILES string of the molecule is CC(CN=C1NC(C)C(C)CS1)CN1CCCC1. The molecule has 0 saturated carbocycles. The number of amidine groups is 1. The standard InChI is InChI=1S/C14H27N3S/c1-11(9-17-6-4-5-7-17)8-15-14-16-13(3)12(2)10-18-14/h11-13H,4-10H2,1-3H3,(H,15,16). The molecular formula is C14H27N3S. The molecule has 2 fully saturated rings. The van der Waals surface area contributed by atoms with Crippen molar-refractivity contribution in [1.82, 2.24) is 10.2 Å². The van der Waals surface area contributed by atoms with Gasteiger partial charge >= 0.3 is 0 Å². The Morgan fingerprint density at radius 1 is 1.39 bits per heavy atom. The van der Waals surface area contributed by atoms with Crippen molar-refractivity contribution < 1.29 is 0 Å². The lowest BCUT2D eigenvalue weighted by Gasteiger charge is -2.28. The van der Waals surface area contributed by atoms with Crippen LogP contribution in [0.1, 0.15) is 33.6 Å². The lowest BCUT2D eigenvalue weighted by atomic mass is 10.1. The van der Waals surface area contributed by atoms with E-state index in [1.807, 2.05) is 11.8 Å². The maximum atomic E-state index is 4.75. The normalized spacial score (nSPS) is 33.6. The summed E-state index contributed by atoms with van der Waals surface area (Å²) in [4.78, 5) is 7.33. The van der Waals surface area contributed by atoms with Crippen molar-refractivity contribution in [3.63, 3.8) is 0 Å². The summed E-state index contributed by atoms with van der Waals surface area (Å²) in [5, 5.41) is 4.68. The van der Waals surface area contributed by atoms with Crippen molar-refractivity contribution in [3.8, 4) is 0 Å². The monoisotopic (exact) mass is 269 g/mol. The minimum Gasteiger partial charge on any atom is -0.362 e. The first-order valence-electron chi connectivity index (χ1n) is 7.31. The first kappa shape index (κ1) is 14.2. The van der Waals surface area contributed by atoms with E-state index in [-0.39, 0.29) is 0 Å². The van der Waals surface area contributed by atoms with Crippen LogP contribution in [-0.4, -0.2) is 48.0 Å². The Kier molecular flexibility index (Phi) is 5.37. The Labute approximate surface area is 116 Å². The molecule has 104 valence electrons. The Hall–Kier alpha value is -0.220. The first-order valence-corrected chi connectivity index (χ1v) is 8.30. The highest BCUT2D eigenvalue weighted by Crippen LogP contribution is 2.19. The second kappa shape index (κ2) is 6.80. The van der Waals surface area contributed by atoms with Gasteiger partial charge in [0.1, 0.15) is 0 Å². The van der Waals surface area contributed by atoms with Gasteiger partial charge in [-0.2, -0.15) is 0 Å². The van der Waals surface area contributed by atoms with Gasteiger partial charge in [-0.25, -0.2) is 0 Å². The number of aliphatic imine (C=N–C) groups is 1. The zero-order valence-electron chi connectivity index (χ0n) is 12.0. The summed E-state index contributed by atoms with van der Waals surface area (Å²) >= 11 is 1.89. The van der Waals surface area contributed by atoms with Crippen LogP contribution < -0.4 is 5.32 Å². The van der Waals surface area contributed by atoms with Crippen molar-refractivity contribution in [1.29, 1.82) is 0 Å². The largest absolute Gasteiger partial charge is 0.362 e. The average Bonchev–Trinajstić information content (AvgIpc) is 2.83. The van der Waals surface area contributed by atoms with E-state index in [0.717, 1.165) is 17.6 Å². The van der Waals surface area contributed by atoms with Crippen molar-refractivity contribution in [2.75, 3.05) is 31.9 Å². The van der Waals surface area contributed by atoms with Crippen LogP contribution in [0.15, 0.2) is 4.99 Å². The Morgan fingerprint density at radius 3 is 2.78 bits per heavy atom. The molecule has 0 aromatic heterocycles. The van der Waals surface area contributed by atoms with Gasteiger partial charge in [0.15, 0.2) is 5.17 Å². The van der Waals surface area contributed by atoms with Gasteiger partial charge in [-0.15, -0.1) is 0 Å². The first-order chi connectivity index (χ1) is 8.65. The zero-order chi connectivity index (χ0) is 13.0. The minimum atomic E-state index is 0.568. The number of hydrogen-bond acceptors (Lipinski definition) is 3. The maximum Gasteiger partial charge on any atom is 0.156 e. The molecule has 2 rings (SSSR count). The van der Waals surface area contributed by atoms with Crippen molar-refractivity contribution in [2.24, 2.45) is 16.8 Å². The second-order valence-corrected chi connectivity index (χ2v) is 6.99. The van der Waals surface area contributed by atoms with Gasteiger partial charge in [0, 0.05) is 24.9 Å². The van der Waals surface area contributed by atoms with E-state index in [1.165, 1.54) is 38.2 Å². The van der Waals surface area contributed by atoms with E-state index < -0.39 is 0 Å². The van der Waals surface area contributed by atoms with Crippen molar-refractivity contribution in [2.45, 2.75) is 39.7 Å². The molecule has 3 nitrogen and oxygen atoms in total. The molecule has 4 heteroatoms. The lowest BCUT2D eigenvalue weighted by molar-refractivity contribution is 0.291. The molecule has 0 bridgehead atoms. The molecule has 1 N–H and O–H groups in total. The summed E-state index contributed by atoms with van der Waals surface area (Å²) in [6.45, 7) is 11.7. The van der Waals surface area contributed by atoms with Crippen LogP contribution >= 0.6 is 11.8 Å². The zero-order valence-corrected chi connectivity index (χ0v) is 12.8. The number of thioether (sulfide) groups is 1. The molecule has 0 aromatic carbocycles. The van der Waals surface area contributed by atoms with Gasteiger partial charge in [-0.1, -0.05) is 25.6 Å². The molecule has 0 aliphatic carbocycles. The van der Waals surface area contributed by atoms with Crippen LogP contribution in [0, 0.1) is 11.8 Å². The van der Waals surface area contributed by atoms with Gasteiger partial charge in [0.05, 0.1) is 0 Å². The molecule has 0 spiro atoms. The summed E-state index contributed by atoms with van der Waals surface area (Å²) in [6.07, 6.45) is 2.77. The third-order valence-electron chi connectivity index (χ3n) is 4.00. The predicted molar refractivity (Wildman–Crippen MR) is 81.4 cm³/mol. The van der Waals surface area contributed by atoms with Gasteiger partial charge in [-0.05, 0) is 44.7 Å². The molecule has 2 saturated heterocycles. The van der Waals surface area contributed by atoms with E-state index in [0.29, 0.717) is 12.0 Å². The number of rotatable bonds is 4. The van der Waals surface area contributed by atoms with Gasteiger partial charge in [-0.3, -0.25) is 4.99 Å². The molecule has 0 amide bonds. The smallest absolute Gasteiger partial charge is 0.156 e. The topological polar surface area (TPSA) is 27.6 Å². The fourth-order valence-electron chi connectivity index (χ4n) is 2.53. The average molecular weight is 269 g/mol. The molecule has 3 atom stereocenters. The van der Waals surface area contributed by atoms with Crippen molar-refractivity contribution in [3.05, 3.63) is 0 Å². The second-order valence-electron chi connectivity index (χ2n) is 5.98. The van der Waals surface area contributed by atoms with Crippen LogP contribution in [0.2, 0.25) is 0 Å². The highest BCUT2D eigenvalue weighted by molar-refractivity contribution is 8.13. The molecule has 0 radical (unpaired) electrons. The Bertz CT molecular complexity index is 287. The summed E-state index contributed by atoms with van der Waals surface area (Å²) < 4.78 is 0. The van der Waals surface area contributed by atoms with E-state index in [9.17, 15) is 0 Å². The third kappa shape index (κ3) is 4.16. The maximum absolute atomic E-state index is 4.75. The summed E-state index contributed by atoms with van der Waals surface area (Å²) in [5.41, 5.74) is 0. The Balaban J connectivity index is 1.72. The number of nitrogens with zero attached hydrogens (tertiary/aromatic N) is 2. The fraction of sp³-hybridized carbons (Fsp3) is 0.929. The quantitative estimate of drug-likeness (QED) is 0.849. The Morgan fingerprint density at radius 2 is 2.11 bits per heavy atom. The summed E-state index contributed by atoms with van der Waals surface area (Å²) in [6, 6.07) is 0.568. The molecule has 3 unspecified atom stereocenters. The number of nitrogens with one attached hydrogen (secondary N) is 1. The molecule has 0 aromatic rings. The van der Waals surface area contributed by atoms with Gasteiger partial charge < -0.3 is 10.2 Å². The highest BCUT2D eigenvalue weighted by Gasteiger charge is 2.21. The molecule has 2 aliphatic rings. The van der Waals surface area contributed by atoms with Crippen LogP contribution in [0.4, 0.5) is 0 Å². The number of likely N-dealkylation sites (tertiary alicyclic amines) is 1. The van der Waals surface area contributed by atoms with Crippen LogP contribution in [0.5, 0.6) is 0 Å². The predicted octanol–water partition coefficient (Wildman–Crippen LogP) is 2.44. The van der Waals surface area contributed by atoms with Gasteiger partial charge in [0.2, 0.25) is 0 Å². The molecular weight excluding hydrogens is 242 g/mol. The molecule has 2 aliphatic heterocycles. The molecule has 18 heavy (non-hydrogen) atoms. The highest BCUT2D eigenvalue weighted by atomic mass is 32.2. The van der Waals surface area contributed by atoms with E-state index in [4.69, 9.17) is 4.99 Å². The van der Waals surface area contributed by atoms with Gasteiger partial charge in [0.25, 0.3) is 0 Å². The van der Waals surface area contributed by atoms with Crippen LogP contribution in [-0.2, 0) is 0 Å². The minimum absolute atomic E-state index is 0.568. The van der Waals surface area contributed by atoms with Crippen LogP contribution in [0.3, 0.4) is 0 Å². The summed E-state index contributed by atoms with van der Waals surface area (Å²) in [5.74, 6) is 2.62. The van der Waals surface area contributed by atoms with E-state index in [1.54, 1.807) is 0 Å². The van der Waals surface area contributed by atoms with Crippen molar-refractivity contribution >= 4 is 16.9 Å². The third-order valence-corrected chi connectivity index (χ3v) is 5.22. The van der Waals surface area contributed by atoms with Crippen LogP contribution in [0.25, 0.3) is 0 Å². The summed E-state index contributed by atoms with van der Waals surface area (Å²) in [7, 11) is 0. The lowest BCUT2D eigenvalue weighted by Crippen LogP contribution is -2.41. The fourth-order valence-corrected chi connectivity index (χ4v) is 3.67. The van der Waals surface area contributed by atoms with E-state index in [2.05, 4.69) is 31.0 Å². The molecule has 2 heterocycles. The number of hydrogen-bond donors (Lipinski definition) is 1. The van der Waals surface area contributed by atoms with E-state index >= 15 is 0 Å².